The molecular formula is C13H16N2O. The van der Waals surface area contributed by atoms with Crippen LogP contribution in [0.3, 0.4) is 0 Å². The van der Waals surface area contributed by atoms with Crippen LogP contribution < -0.4 is 5.73 Å². The number of hydrogen-bond donors (Lipinski definition) is 1. The van der Waals surface area contributed by atoms with Gasteiger partial charge in [-0.3, -0.25) is 0 Å². The zero-order valence-electron chi connectivity index (χ0n) is 9.87. The lowest BCUT2D eigenvalue weighted by atomic mass is 10.00. The quantitative estimate of drug-likeness (QED) is 0.839. The van der Waals surface area contributed by atoms with Crippen LogP contribution in [-0.4, -0.2) is 5.16 Å². The van der Waals surface area contributed by atoms with Crippen LogP contribution in [-0.2, 0) is 6.54 Å². The van der Waals surface area contributed by atoms with Gasteiger partial charge in [0.15, 0.2) is 0 Å². The number of nitrogens with two attached hydrogens (primary N) is 1. The van der Waals surface area contributed by atoms with Crippen LogP contribution >= 0.6 is 0 Å². The van der Waals surface area contributed by atoms with Crippen molar-refractivity contribution in [3.63, 3.8) is 0 Å². The minimum atomic E-state index is 0.456. The molecule has 0 aliphatic carbocycles. The number of nitrogens with zero attached hydrogens (tertiary/aromatic N) is 1. The Morgan fingerprint density at radius 1 is 1.25 bits per heavy atom. The molecule has 0 saturated heterocycles. The molecule has 16 heavy (non-hydrogen) atoms. The van der Waals surface area contributed by atoms with Crippen LogP contribution in [0.25, 0.3) is 11.3 Å². The molecule has 0 unspecified atom stereocenters. The molecule has 1 heterocycles. The first kappa shape index (κ1) is 10.9. The van der Waals surface area contributed by atoms with Crippen molar-refractivity contribution < 1.29 is 4.52 Å². The second-order valence-corrected chi connectivity index (χ2v) is 4.09. The third kappa shape index (κ3) is 1.74. The smallest absolute Gasteiger partial charge is 0.138 e. The number of aryl methyl sites for hydroxylation is 3. The highest BCUT2D eigenvalue weighted by atomic mass is 16.5. The van der Waals surface area contributed by atoms with Crippen LogP contribution in [0.15, 0.2) is 22.7 Å². The molecule has 0 spiro atoms. The van der Waals surface area contributed by atoms with E-state index < -0.39 is 0 Å². The van der Waals surface area contributed by atoms with Gasteiger partial charge in [0.1, 0.15) is 11.5 Å². The van der Waals surface area contributed by atoms with E-state index in [-0.39, 0.29) is 0 Å². The Morgan fingerprint density at radius 3 is 2.62 bits per heavy atom. The molecule has 0 amide bonds. The van der Waals surface area contributed by atoms with Crippen LogP contribution in [0.4, 0.5) is 0 Å². The molecule has 2 N–H and O–H groups in total. The molecule has 0 saturated carbocycles. The summed E-state index contributed by atoms with van der Waals surface area (Å²) < 4.78 is 5.20. The summed E-state index contributed by atoms with van der Waals surface area (Å²) in [5.74, 6) is 0.803. The van der Waals surface area contributed by atoms with Gasteiger partial charge in [-0.25, -0.2) is 0 Å². The van der Waals surface area contributed by atoms with E-state index >= 15 is 0 Å². The van der Waals surface area contributed by atoms with Crippen molar-refractivity contribution in [2.75, 3.05) is 0 Å². The highest BCUT2D eigenvalue weighted by molar-refractivity contribution is 5.67. The molecule has 3 heteroatoms. The van der Waals surface area contributed by atoms with Gasteiger partial charge in [-0.05, 0) is 26.3 Å². The molecule has 1 aromatic heterocycles. The fraction of sp³-hybridized carbons (Fsp3) is 0.308. The largest absolute Gasteiger partial charge is 0.361 e. The predicted octanol–water partition coefficient (Wildman–Crippen LogP) is 2.73. The molecule has 2 rings (SSSR count). The Labute approximate surface area is 95.3 Å². The number of benzene rings is 1. The molecule has 3 nitrogen and oxygen atoms in total. The maximum Gasteiger partial charge on any atom is 0.138 e. The number of hydrogen-bond acceptors (Lipinski definition) is 3. The van der Waals surface area contributed by atoms with Crippen molar-refractivity contribution in [2.45, 2.75) is 27.3 Å². The van der Waals surface area contributed by atoms with E-state index in [1.807, 2.05) is 6.92 Å². The summed E-state index contributed by atoms with van der Waals surface area (Å²) in [7, 11) is 0. The molecule has 0 atom stereocenters. The van der Waals surface area contributed by atoms with Gasteiger partial charge in [-0.15, -0.1) is 0 Å². The fourth-order valence-electron chi connectivity index (χ4n) is 1.92. The van der Waals surface area contributed by atoms with Gasteiger partial charge < -0.3 is 10.3 Å². The molecule has 0 fully saturated rings. The Kier molecular flexibility index (Phi) is 2.79. The van der Waals surface area contributed by atoms with Gasteiger partial charge in [0.2, 0.25) is 0 Å². The molecule has 0 radical (unpaired) electrons. The molecule has 2 aromatic rings. The zero-order chi connectivity index (χ0) is 11.7. The summed E-state index contributed by atoms with van der Waals surface area (Å²) in [6.07, 6.45) is 0. The van der Waals surface area contributed by atoms with Gasteiger partial charge in [0, 0.05) is 17.7 Å². The van der Waals surface area contributed by atoms with Gasteiger partial charge in [-0.2, -0.15) is 0 Å². The monoisotopic (exact) mass is 216 g/mol. The minimum Gasteiger partial charge on any atom is -0.361 e. The molecule has 0 aliphatic heterocycles. The Balaban J connectivity index is 2.58. The van der Waals surface area contributed by atoms with E-state index in [9.17, 15) is 0 Å². The number of rotatable bonds is 2. The third-order valence-corrected chi connectivity index (χ3v) is 2.83. The second kappa shape index (κ2) is 4.10. The lowest BCUT2D eigenvalue weighted by molar-refractivity contribution is 0.398. The van der Waals surface area contributed by atoms with E-state index in [0.717, 1.165) is 22.6 Å². The first-order valence-electron chi connectivity index (χ1n) is 5.36. The van der Waals surface area contributed by atoms with Crippen LogP contribution in [0, 0.1) is 20.8 Å². The van der Waals surface area contributed by atoms with Crippen molar-refractivity contribution >= 4 is 0 Å². The summed E-state index contributed by atoms with van der Waals surface area (Å²) >= 11 is 0. The highest BCUT2D eigenvalue weighted by Gasteiger charge is 2.14. The van der Waals surface area contributed by atoms with Crippen molar-refractivity contribution in [1.82, 2.24) is 5.16 Å². The van der Waals surface area contributed by atoms with E-state index in [2.05, 4.69) is 37.2 Å². The fourth-order valence-corrected chi connectivity index (χ4v) is 1.92. The summed E-state index contributed by atoms with van der Waals surface area (Å²) in [5.41, 5.74) is 11.1. The van der Waals surface area contributed by atoms with E-state index in [1.54, 1.807) is 0 Å². The standard InChI is InChI=1S/C13H16N2O/c1-8-4-5-11(9(2)6-8)13-12(7-14)10(3)16-15-13/h4-6H,7,14H2,1-3H3. The van der Waals surface area contributed by atoms with Crippen molar-refractivity contribution in [3.8, 4) is 11.3 Å². The van der Waals surface area contributed by atoms with Gasteiger partial charge >= 0.3 is 0 Å². The first-order valence-corrected chi connectivity index (χ1v) is 5.36. The van der Waals surface area contributed by atoms with Crippen LogP contribution in [0.5, 0.6) is 0 Å². The Hall–Kier alpha value is -1.61. The van der Waals surface area contributed by atoms with Gasteiger partial charge in [-0.1, -0.05) is 28.9 Å². The highest BCUT2D eigenvalue weighted by Crippen LogP contribution is 2.28. The van der Waals surface area contributed by atoms with Crippen molar-refractivity contribution in [3.05, 3.63) is 40.6 Å². The van der Waals surface area contributed by atoms with E-state index in [1.165, 1.54) is 11.1 Å². The normalized spacial score (nSPS) is 10.8. The van der Waals surface area contributed by atoms with Gasteiger partial charge in [0.25, 0.3) is 0 Å². The average molecular weight is 216 g/mol. The molecule has 0 aliphatic rings. The maximum atomic E-state index is 5.71. The second-order valence-electron chi connectivity index (χ2n) is 4.09. The van der Waals surface area contributed by atoms with Crippen molar-refractivity contribution in [2.24, 2.45) is 5.73 Å². The summed E-state index contributed by atoms with van der Waals surface area (Å²) in [6, 6.07) is 6.29. The third-order valence-electron chi connectivity index (χ3n) is 2.83. The summed E-state index contributed by atoms with van der Waals surface area (Å²) in [5, 5.41) is 4.09. The molecule has 84 valence electrons. The van der Waals surface area contributed by atoms with Gasteiger partial charge in [0.05, 0.1) is 0 Å². The Morgan fingerprint density at radius 2 is 2.00 bits per heavy atom. The Bertz CT molecular complexity index is 515. The lowest BCUT2D eigenvalue weighted by Crippen LogP contribution is -1.99. The average Bonchev–Trinajstić information content (AvgIpc) is 2.59. The van der Waals surface area contributed by atoms with Crippen LogP contribution in [0.1, 0.15) is 22.5 Å². The van der Waals surface area contributed by atoms with E-state index in [4.69, 9.17) is 10.3 Å². The van der Waals surface area contributed by atoms with E-state index in [0.29, 0.717) is 6.54 Å². The summed E-state index contributed by atoms with van der Waals surface area (Å²) in [6.45, 7) is 6.50. The predicted molar refractivity (Wildman–Crippen MR) is 64.0 cm³/mol. The SMILES string of the molecule is Cc1ccc(-c2noc(C)c2CN)c(C)c1. The molecule has 1 aromatic carbocycles. The summed E-state index contributed by atoms with van der Waals surface area (Å²) in [4.78, 5) is 0. The molecular weight excluding hydrogens is 200 g/mol. The van der Waals surface area contributed by atoms with Crippen molar-refractivity contribution in [1.29, 1.82) is 0 Å². The van der Waals surface area contributed by atoms with Crippen LogP contribution in [0.2, 0.25) is 0 Å². The number of aromatic nitrogens is 1. The lowest BCUT2D eigenvalue weighted by Gasteiger charge is -2.05. The minimum absolute atomic E-state index is 0.456. The maximum absolute atomic E-state index is 5.71. The zero-order valence-corrected chi connectivity index (χ0v) is 9.87. The molecule has 0 bridgehead atoms. The topological polar surface area (TPSA) is 52.0 Å². The first-order chi connectivity index (χ1) is 7.63.